The van der Waals surface area contributed by atoms with Crippen molar-refractivity contribution in [1.29, 1.82) is 0 Å². The van der Waals surface area contributed by atoms with Gasteiger partial charge in [0.1, 0.15) is 16.9 Å². The molecule has 4 nitrogen and oxygen atoms in total. The quantitative estimate of drug-likeness (QED) is 0.356. The summed E-state index contributed by atoms with van der Waals surface area (Å²) < 4.78 is 13.4. The minimum absolute atomic E-state index is 0.175. The average Bonchev–Trinajstić information content (AvgIpc) is 3.28. The number of methoxy groups -OCH3 is 1. The Morgan fingerprint density at radius 3 is 2.47 bits per heavy atom. The summed E-state index contributed by atoms with van der Waals surface area (Å²) in [5.41, 5.74) is 4.46. The molecule has 1 aliphatic heterocycles. The van der Waals surface area contributed by atoms with Crippen molar-refractivity contribution < 1.29 is 9.47 Å². The van der Waals surface area contributed by atoms with E-state index in [1.54, 1.807) is 18.4 Å². The van der Waals surface area contributed by atoms with Crippen LogP contribution in [-0.4, -0.2) is 43.2 Å². The van der Waals surface area contributed by atoms with Gasteiger partial charge in [-0.3, -0.25) is 0 Å². The van der Waals surface area contributed by atoms with Crippen molar-refractivity contribution in [3.8, 4) is 16.9 Å². The zero-order valence-corrected chi connectivity index (χ0v) is 19.3. The molecule has 32 heavy (non-hydrogen) atoms. The summed E-state index contributed by atoms with van der Waals surface area (Å²) in [6, 6.07) is 25.2. The molecule has 3 aromatic carbocycles. The average molecular weight is 445 g/mol. The molecule has 1 fully saturated rings. The molecule has 5 heteroatoms. The number of hydrogen-bond acceptors (Lipinski definition) is 5. The Morgan fingerprint density at radius 2 is 1.69 bits per heavy atom. The summed E-state index contributed by atoms with van der Waals surface area (Å²) in [5.74, 6) is 0.859. The number of piperidine rings is 1. The van der Waals surface area contributed by atoms with E-state index < -0.39 is 0 Å². The molecular weight excluding hydrogens is 416 g/mol. The second kappa shape index (κ2) is 9.41. The number of likely N-dealkylation sites (tertiary alicyclic amines) is 1. The summed E-state index contributed by atoms with van der Waals surface area (Å²) in [6.45, 7) is 2.14. The van der Waals surface area contributed by atoms with Gasteiger partial charge in [0, 0.05) is 13.1 Å². The SMILES string of the molecule is COc1cccc(-c2cccc(C(OC3CCN(C)CC3)c3nc4ccccc4s3)c2)c1. The first-order valence-corrected chi connectivity index (χ1v) is 11.9. The second-order valence-electron chi connectivity index (χ2n) is 8.40. The Bertz CT molecular complexity index is 1160. The third-order valence-electron chi connectivity index (χ3n) is 6.12. The zero-order valence-electron chi connectivity index (χ0n) is 18.5. The summed E-state index contributed by atoms with van der Waals surface area (Å²) in [4.78, 5) is 7.33. The molecule has 1 atom stereocenters. The minimum Gasteiger partial charge on any atom is -0.497 e. The monoisotopic (exact) mass is 444 g/mol. The number of para-hydroxylation sites is 1. The maximum Gasteiger partial charge on any atom is 0.134 e. The van der Waals surface area contributed by atoms with Crippen molar-refractivity contribution in [3.63, 3.8) is 0 Å². The molecule has 0 bridgehead atoms. The Labute approximate surface area is 193 Å². The summed E-state index contributed by atoms with van der Waals surface area (Å²) >= 11 is 1.73. The van der Waals surface area contributed by atoms with E-state index >= 15 is 0 Å². The lowest BCUT2D eigenvalue weighted by atomic mass is 10.00. The van der Waals surface area contributed by atoms with E-state index in [1.807, 2.05) is 18.2 Å². The number of aromatic nitrogens is 1. The normalized spacial score (nSPS) is 16.3. The summed E-state index contributed by atoms with van der Waals surface area (Å²) in [7, 11) is 3.88. The highest BCUT2D eigenvalue weighted by atomic mass is 32.1. The van der Waals surface area contributed by atoms with Gasteiger partial charge in [-0.1, -0.05) is 42.5 Å². The second-order valence-corrected chi connectivity index (χ2v) is 9.46. The number of benzene rings is 3. The van der Waals surface area contributed by atoms with Gasteiger partial charge in [0.2, 0.25) is 0 Å². The maximum absolute atomic E-state index is 6.77. The third-order valence-corrected chi connectivity index (χ3v) is 7.20. The molecular formula is C27H28N2O2S. The van der Waals surface area contributed by atoms with E-state index in [9.17, 15) is 0 Å². The highest BCUT2D eigenvalue weighted by Gasteiger charge is 2.26. The molecule has 2 heterocycles. The van der Waals surface area contributed by atoms with Gasteiger partial charge in [-0.2, -0.15) is 0 Å². The molecule has 0 amide bonds. The Balaban J connectivity index is 1.52. The van der Waals surface area contributed by atoms with Crippen molar-refractivity contribution >= 4 is 21.6 Å². The van der Waals surface area contributed by atoms with Crippen molar-refractivity contribution in [2.75, 3.05) is 27.2 Å². The highest BCUT2D eigenvalue weighted by molar-refractivity contribution is 7.18. The molecule has 0 N–H and O–H groups in total. The first kappa shape index (κ1) is 21.1. The number of fused-ring (bicyclic) bond motifs is 1. The fourth-order valence-electron chi connectivity index (χ4n) is 4.28. The number of hydrogen-bond donors (Lipinski definition) is 0. The van der Waals surface area contributed by atoms with E-state index in [0.29, 0.717) is 0 Å². The van der Waals surface area contributed by atoms with E-state index in [-0.39, 0.29) is 12.2 Å². The van der Waals surface area contributed by atoms with Crippen LogP contribution in [0.1, 0.15) is 29.5 Å². The molecule has 164 valence electrons. The first-order valence-electron chi connectivity index (χ1n) is 11.1. The molecule has 1 saturated heterocycles. The van der Waals surface area contributed by atoms with Crippen LogP contribution in [-0.2, 0) is 4.74 Å². The van der Waals surface area contributed by atoms with Gasteiger partial charge in [-0.15, -0.1) is 11.3 Å². The summed E-state index contributed by atoms with van der Waals surface area (Å²) in [5, 5.41) is 1.02. The molecule has 1 aliphatic rings. The van der Waals surface area contributed by atoms with Gasteiger partial charge >= 0.3 is 0 Å². The van der Waals surface area contributed by atoms with Gasteiger partial charge in [0.15, 0.2) is 0 Å². The third kappa shape index (κ3) is 4.56. The first-order chi connectivity index (χ1) is 15.7. The Hall–Kier alpha value is -2.73. The predicted molar refractivity (Wildman–Crippen MR) is 131 cm³/mol. The fourth-order valence-corrected chi connectivity index (χ4v) is 5.31. The van der Waals surface area contributed by atoms with E-state index in [1.165, 1.54) is 4.70 Å². The van der Waals surface area contributed by atoms with Crippen molar-refractivity contribution in [2.45, 2.75) is 25.0 Å². The largest absolute Gasteiger partial charge is 0.497 e. The Morgan fingerprint density at radius 1 is 0.938 bits per heavy atom. The van der Waals surface area contributed by atoms with Crippen molar-refractivity contribution in [1.82, 2.24) is 9.88 Å². The van der Waals surface area contributed by atoms with Crippen molar-refractivity contribution in [3.05, 3.63) is 83.4 Å². The standard InChI is InChI=1S/C27H28N2O2S/c1-29-15-13-22(14-16-29)31-26(27-28-24-11-3-4-12-25(24)32-27)21-9-5-7-19(17-21)20-8-6-10-23(18-20)30-2/h3-12,17-18,22,26H,13-16H2,1-2H3. The van der Waals surface area contributed by atoms with Crippen LogP contribution in [0.5, 0.6) is 5.75 Å². The van der Waals surface area contributed by atoms with Crippen LogP contribution in [0.25, 0.3) is 21.3 Å². The lowest BCUT2D eigenvalue weighted by molar-refractivity contribution is -0.0234. The fraction of sp³-hybridized carbons (Fsp3) is 0.296. The number of nitrogens with zero attached hydrogens (tertiary/aromatic N) is 2. The number of ether oxygens (including phenoxy) is 2. The molecule has 0 spiro atoms. The zero-order chi connectivity index (χ0) is 21.9. The van der Waals surface area contributed by atoms with Gasteiger partial charge in [0.05, 0.1) is 23.4 Å². The van der Waals surface area contributed by atoms with Gasteiger partial charge < -0.3 is 14.4 Å². The topological polar surface area (TPSA) is 34.6 Å². The van der Waals surface area contributed by atoms with Gasteiger partial charge in [-0.05, 0) is 66.9 Å². The van der Waals surface area contributed by atoms with E-state index in [0.717, 1.165) is 58.9 Å². The highest BCUT2D eigenvalue weighted by Crippen LogP contribution is 2.36. The molecule has 0 radical (unpaired) electrons. The van der Waals surface area contributed by atoms with Crippen LogP contribution in [0.3, 0.4) is 0 Å². The van der Waals surface area contributed by atoms with E-state index in [2.05, 4.69) is 66.5 Å². The lowest BCUT2D eigenvalue weighted by Gasteiger charge is -2.31. The predicted octanol–water partition coefficient (Wildman–Crippen LogP) is 6.17. The van der Waals surface area contributed by atoms with Crippen LogP contribution in [0.15, 0.2) is 72.8 Å². The smallest absolute Gasteiger partial charge is 0.134 e. The van der Waals surface area contributed by atoms with Crippen LogP contribution in [0, 0.1) is 0 Å². The maximum atomic E-state index is 6.77. The molecule has 0 aliphatic carbocycles. The van der Waals surface area contributed by atoms with Crippen LogP contribution >= 0.6 is 11.3 Å². The molecule has 0 saturated carbocycles. The van der Waals surface area contributed by atoms with Gasteiger partial charge in [0.25, 0.3) is 0 Å². The number of thiazole rings is 1. The molecule has 1 unspecified atom stereocenters. The van der Waals surface area contributed by atoms with E-state index in [4.69, 9.17) is 14.5 Å². The van der Waals surface area contributed by atoms with Crippen molar-refractivity contribution in [2.24, 2.45) is 0 Å². The summed E-state index contributed by atoms with van der Waals surface area (Å²) in [6.07, 6.45) is 2.16. The molecule has 1 aromatic heterocycles. The van der Waals surface area contributed by atoms with Crippen LogP contribution < -0.4 is 4.74 Å². The number of rotatable bonds is 6. The van der Waals surface area contributed by atoms with Crippen LogP contribution in [0.2, 0.25) is 0 Å². The van der Waals surface area contributed by atoms with Crippen LogP contribution in [0.4, 0.5) is 0 Å². The van der Waals surface area contributed by atoms with Gasteiger partial charge in [-0.25, -0.2) is 4.98 Å². The molecule has 5 rings (SSSR count). The lowest BCUT2D eigenvalue weighted by Crippen LogP contribution is -2.35. The minimum atomic E-state index is -0.175. The molecule has 4 aromatic rings. The Kier molecular flexibility index (Phi) is 6.21.